The number of aryl methyl sites for hydroxylation is 1. The van der Waals surface area contributed by atoms with Crippen LogP contribution in [0.15, 0.2) is 104 Å². The van der Waals surface area contributed by atoms with Gasteiger partial charge in [-0.3, -0.25) is 4.79 Å². The number of thiophene rings is 2. The Bertz CT molecular complexity index is 2590. The van der Waals surface area contributed by atoms with Crippen LogP contribution >= 0.6 is 34.3 Å². The summed E-state index contributed by atoms with van der Waals surface area (Å²) in [6, 6.07) is 30.7. The van der Waals surface area contributed by atoms with Gasteiger partial charge in [-0.1, -0.05) is 70.1 Å². The number of benzene rings is 5. The molecular formula is C47H44ClNO5S2. The molecule has 2 heterocycles. The Kier molecular flexibility index (Phi) is 15.5. The molecule has 286 valence electrons. The number of fused-ring (bicyclic) bond motifs is 6. The first-order valence-electron chi connectivity index (χ1n) is 18.3. The summed E-state index contributed by atoms with van der Waals surface area (Å²) in [5.41, 5.74) is 5.08. The molecule has 5 aromatic carbocycles. The second-order valence-corrected chi connectivity index (χ2v) is 14.9. The highest BCUT2D eigenvalue weighted by molar-refractivity contribution is 7.26. The van der Waals surface area contributed by atoms with E-state index in [0.717, 1.165) is 44.2 Å². The number of ether oxygens (including phenoxy) is 2. The molecule has 7 rings (SSSR count). The third-order valence-corrected chi connectivity index (χ3v) is 11.4. The summed E-state index contributed by atoms with van der Waals surface area (Å²) in [7, 11) is 0. The van der Waals surface area contributed by atoms with Gasteiger partial charge < -0.3 is 24.6 Å². The predicted molar refractivity (Wildman–Crippen MR) is 236 cm³/mol. The number of hydrogen-bond acceptors (Lipinski definition) is 8. The quantitative estimate of drug-likeness (QED) is 0.0655. The maximum atomic E-state index is 9.46. The minimum Gasteiger partial charge on any atom is -0.468 e. The molecular weight excluding hydrogens is 758 g/mol. The lowest BCUT2D eigenvalue weighted by atomic mass is 10.0. The molecule has 0 aliphatic heterocycles. The Morgan fingerprint density at radius 1 is 0.643 bits per heavy atom. The number of hydrogen-bond donors (Lipinski definition) is 2. The fourth-order valence-corrected chi connectivity index (χ4v) is 8.39. The fraction of sp³-hybridized carbons (Fsp3) is 0.213. The number of allylic oxidation sites excluding steroid dienone is 1. The lowest BCUT2D eigenvalue weighted by Gasteiger charge is -2.13. The summed E-state index contributed by atoms with van der Waals surface area (Å²) >= 11 is 8.10. The molecule has 0 saturated heterocycles. The van der Waals surface area contributed by atoms with Crippen LogP contribution in [-0.2, 0) is 11.2 Å². The molecule has 9 heteroatoms. The van der Waals surface area contributed by atoms with Crippen molar-refractivity contribution >= 4 is 79.9 Å². The molecule has 6 nitrogen and oxygen atoms in total. The van der Waals surface area contributed by atoms with Gasteiger partial charge in [0, 0.05) is 62.6 Å². The number of halogens is 1. The van der Waals surface area contributed by atoms with Crippen LogP contribution in [0.5, 0.6) is 11.5 Å². The van der Waals surface area contributed by atoms with Gasteiger partial charge in [0.2, 0.25) is 5.24 Å². The van der Waals surface area contributed by atoms with E-state index in [0.29, 0.717) is 11.5 Å². The van der Waals surface area contributed by atoms with E-state index in [1.54, 1.807) is 22.7 Å². The Morgan fingerprint density at radius 3 is 1.43 bits per heavy atom. The molecule has 0 saturated carbocycles. The second-order valence-electron chi connectivity index (χ2n) is 12.3. The maximum absolute atomic E-state index is 9.46. The first-order chi connectivity index (χ1) is 27.2. The molecule has 0 unspecified atom stereocenters. The van der Waals surface area contributed by atoms with Gasteiger partial charge in [-0.15, -0.1) is 22.7 Å². The zero-order valence-corrected chi connectivity index (χ0v) is 34.3. The molecule has 0 aliphatic carbocycles. The minimum atomic E-state index is -0.509. The summed E-state index contributed by atoms with van der Waals surface area (Å²) in [6.45, 7) is 14.7. The fourth-order valence-electron chi connectivity index (χ4n) is 6.04. The summed E-state index contributed by atoms with van der Waals surface area (Å²) in [6.07, 6.45) is 1.91. The summed E-state index contributed by atoms with van der Waals surface area (Å²) < 4.78 is 15.1. The minimum absolute atomic E-state index is 0.335. The number of aliphatic hydroxyl groups is 2. The van der Waals surface area contributed by atoms with Crippen LogP contribution in [0, 0.1) is 23.7 Å². The zero-order chi connectivity index (χ0) is 40.0. The average molecular weight is 802 g/mol. The summed E-state index contributed by atoms with van der Waals surface area (Å²) in [5, 5.41) is 22.4. The molecule has 0 bridgehead atoms. The first kappa shape index (κ1) is 42.0. The van der Waals surface area contributed by atoms with E-state index >= 15 is 0 Å². The maximum Gasteiger partial charge on any atom is 0.244 e. The number of aliphatic hydroxyl groups excluding tert-OH is 2. The van der Waals surface area contributed by atoms with Gasteiger partial charge in [-0.2, -0.15) is 0 Å². The monoisotopic (exact) mass is 801 g/mol. The molecule has 0 spiro atoms. The van der Waals surface area contributed by atoms with E-state index in [1.807, 2.05) is 42.5 Å². The van der Waals surface area contributed by atoms with Crippen molar-refractivity contribution in [2.75, 3.05) is 33.2 Å². The van der Waals surface area contributed by atoms with Crippen molar-refractivity contribution in [3.05, 3.63) is 131 Å². The van der Waals surface area contributed by atoms with Crippen LogP contribution in [0.25, 0.3) is 40.3 Å². The van der Waals surface area contributed by atoms with Crippen molar-refractivity contribution in [1.29, 1.82) is 0 Å². The van der Waals surface area contributed by atoms with Crippen molar-refractivity contribution in [3.8, 4) is 35.2 Å². The highest BCUT2D eigenvalue weighted by Gasteiger charge is 2.09. The van der Waals surface area contributed by atoms with Crippen LogP contribution in [-0.4, -0.2) is 53.6 Å². The number of carbonyl (C=O) groups is 1. The first-order valence-corrected chi connectivity index (χ1v) is 20.4. The highest BCUT2D eigenvalue weighted by Crippen LogP contribution is 2.37. The molecule has 0 amide bonds. The molecule has 2 N–H and O–H groups in total. The molecule has 7 aromatic rings. The third-order valence-electron chi connectivity index (χ3n) is 9.03. The number of nitrogens with zero attached hydrogens (tertiary/aromatic N) is 1. The Balaban J connectivity index is 0.000000437. The van der Waals surface area contributed by atoms with Gasteiger partial charge >= 0.3 is 0 Å². The van der Waals surface area contributed by atoms with Gasteiger partial charge in [0.25, 0.3) is 0 Å². The van der Waals surface area contributed by atoms with Crippen molar-refractivity contribution in [1.82, 2.24) is 4.90 Å². The molecule has 0 aliphatic rings. The van der Waals surface area contributed by atoms with Gasteiger partial charge in [0.05, 0.1) is 0 Å². The molecule has 0 atom stereocenters. The van der Waals surface area contributed by atoms with Crippen molar-refractivity contribution in [2.24, 2.45) is 0 Å². The predicted octanol–water partition coefficient (Wildman–Crippen LogP) is 10.7. The van der Waals surface area contributed by atoms with Gasteiger partial charge in [0.1, 0.15) is 11.5 Å². The zero-order valence-electron chi connectivity index (χ0n) is 31.9. The van der Waals surface area contributed by atoms with Crippen molar-refractivity contribution in [3.63, 3.8) is 0 Å². The Labute approximate surface area is 341 Å². The lowest BCUT2D eigenvalue weighted by molar-refractivity contribution is -0.107. The molecule has 0 radical (unpaired) electrons. The normalized spacial score (nSPS) is 10.5. The third kappa shape index (κ3) is 10.8. The van der Waals surface area contributed by atoms with E-state index in [-0.39, 0.29) is 13.6 Å². The van der Waals surface area contributed by atoms with Gasteiger partial charge in [0.15, 0.2) is 13.6 Å². The SMILES string of the molecule is C=CC(=O)Cl.CCN(CC)CC.CCc1cc(C#Cc2ccc3c(c2)sc2cc(OCO)ccc23)ccc1C#Cc1ccc2c(c1)sc1cc(OCO)ccc12. The van der Waals surface area contributed by atoms with Crippen molar-refractivity contribution in [2.45, 2.75) is 34.1 Å². The van der Waals surface area contributed by atoms with E-state index in [9.17, 15) is 4.79 Å². The van der Waals surface area contributed by atoms with Crippen molar-refractivity contribution < 1.29 is 24.5 Å². The van der Waals surface area contributed by atoms with Gasteiger partial charge in [-0.25, -0.2) is 0 Å². The Morgan fingerprint density at radius 2 is 1.04 bits per heavy atom. The largest absolute Gasteiger partial charge is 0.468 e. The van der Waals surface area contributed by atoms with E-state index in [1.165, 1.54) is 56.1 Å². The second kappa shape index (κ2) is 20.7. The van der Waals surface area contributed by atoms with Crippen LogP contribution < -0.4 is 9.47 Å². The summed E-state index contributed by atoms with van der Waals surface area (Å²) in [4.78, 5) is 11.8. The smallest absolute Gasteiger partial charge is 0.244 e. The Hall–Kier alpha value is -5.16. The standard InChI is InChI=1S/C38H26O4S2.C6H15N.C3H3ClO/c1-2-27-17-24(3-4-25-7-13-31-33-15-11-29(41-22-39)20-37(33)43-35(31)18-25)5-9-28(27)10-6-26-8-14-32-34-16-12-30(42-23-40)21-38(34)44-36(32)19-26;1-4-7(5-2)6-3;1-2-3(4)5/h5,7-9,11-21,39-40H,2,22-23H2,1H3;4-6H2,1-3H3;2H,1H2. The van der Waals surface area contributed by atoms with Crippen LogP contribution in [0.3, 0.4) is 0 Å². The van der Waals surface area contributed by atoms with Crippen LogP contribution in [0.2, 0.25) is 0 Å². The van der Waals surface area contributed by atoms with E-state index in [4.69, 9.17) is 31.3 Å². The van der Waals surface area contributed by atoms with Crippen LogP contribution in [0.1, 0.15) is 55.5 Å². The van der Waals surface area contributed by atoms with E-state index in [2.05, 4.69) is 111 Å². The number of rotatable bonds is 9. The molecule has 2 aromatic heterocycles. The van der Waals surface area contributed by atoms with Crippen LogP contribution in [0.4, 0.5) is 0 Å². The molecule has 0 fully saturated rings. The van der Waals surface area contributed by atoms with E-state index < -0.39 is 5.24 Å². The molecule has 56 heavy (non-hydrogen) atoms. The highest BCUT2D eigenvalue weighted by atomic mass is 35.5. The number of carbonyl (C=O) groups excluding carboxylic acids is 1. The summed E-state index contributed by atoms with van der Waals surface area (Å²) in [5.74, 6) is 14.8. The topological polar surface area (TPSA) is 79.2 Å². The van der Waals surface area contributed by atoms with Gasteiger partial charge in [-0.05, 0) is 128 Å². The average Bonchev–Trinajstić information content (AvgIpc) is 3.77. The lowest BCUT2D eigenvalue weighted by Crippen LogP contribution is -2.21.